The summed E-state index contributed by atoms with van der Waals surface area (Å²) >= 11 is 6.04. The van der Waals surface area contributed by atoms with Gasteiger partial charge in [-0.1, -0.05) is 11.6 Å². The summed E-state index contributed by atoms with van der Waals surface area (Å²) in [6, 6.07) is 1.72. The number of amides is 1. The Bertz CT molecular complexity index is 569. The van der Waals surface area contributed by atoms with E-state index in [0.29, 0.717) is 23.8 Å². The molecular weight excluding hydrogens is 266 g/mol. The summed E-state index contributed by atoms with van der Waals surface area (Å²) in [6.45, 7) is 3.01. The van der Waals surface area contributed by atoms with Crippen LogP contribution in [0.3, 0.4) is 0 Å². The maximum atomic E-state index is 12.3. The highest BCUT2D eigenvalue weighted by Crippen LogP contribution is 2.16. The minimum Gasteiger partial charge on any atom is -0.334 e. The zero-order valence-corrected chi connectivity index (χ0v) is 11.9. The van der Waals surface area contributed by atoms with Gasteiger partial charge in [-0.25, -0.2) is 0 Å². The molecule has 0 aliphatic carbocycles. The van der Waals surface area contributed by atoms with E-state index < -0.39 is 0 Å². The van der Waals surface area contributed by atoms with Gasteiger partial charge < -0.3 is 4.90 Å². The van der Waals surface area contributed by atoms with Gasteiger partial charge in [0.25, 0.3) is 5.91 Å². The fourth-order valence-corrected chi connectivity index (χ4v) is 2.10. The first-order chi connectivity index (χ1) is 9.04. The Morgan fingerprint density at radius 2 is 2.21 bits per heavy atom. The van der Waals surface area contributed by atoms with Gasteiger partial charge in [0.1, 0.15) is 5.69 Å². The van der Waals surface area contributed by atoms with E-state index in [0.717, 1.165) is 5.69 Å². The van der Waals surface area contributed by atoms with Gasteiger partial charge in [-0.3, -0.25) is 14.2 Å². The summed E-state index contributed by atoms with van der Waals surface area (Å²) in [5.41, 5.74) is 1.38. The Kier molecular flexibility index (Phi) is 3.90. The van der Waals surface area contributed by atoms with Crippen LogP contribution in [0.1, 0.15) is 23.1 Å². The van der Waals surface area contributed by atoms with Gasteiger partial charge in [-0.15, -0.1) is 0 Å². The molecule has 0 aromatic carbocycles. The molecule has 102 valence electrons. The first-order valence-electron chi connectivity index (χ1n) is 5.98. The van der Waals surface area contributed by atoms with E-state index in [9.17, 15) is 4.79 Å². The molecule has 19 heavy (non-hydrogen) atoms. The molecule has 0 unspecified atom stereocenters. The monoisotopic (exact) mass is 281 g/mol. The summed E-state index contributed by atoms with van der Waals surface area (Å²) in [7, 11) is 3.54. The normalized spacial score (nSPS) is 10.7. The lowest BCUT2D eigenvalue weighted by Crippen LogP contribution is -2.29. The van der Waals surface area contributed by atoms with E-state index in [1.807, 2.05) is 6.92 Å². The molecule has 0 fully saturated rings. The molecule has 0 aliphatic heterocycles. The van der Waals surface area contributed by atoms with Crippen LogP contribution in [-0.2, 0) is 20.1 Å². The minimum atomic E-state index is -0.0865. The van der Waals surface area contributed by atoms with Crippen molar-refractivity contribution in [1.82, 2.24) is 24.5 Å². The molecule has 0 aliphatic rings. The zero-order valence-electron chi connectivity index (χ0n) is 11.2. The van der Waals surface area contributed by atoms with Gasteiger partial charge in [-0.05, 0) is 13.0 Å². The number of nitrogens with zero attached hydrogens (tertiary/aromatic N) is 5. The molecule has 0 spiro atoms. The van der Waals surface area contributed by atoms with E-state index in [4.69, 9.17) is 11.6 Å². The molecule has 2 heterocycles. The second kappa shape index (κ2) is 5.44. The van der Waals surface area contributed by atoms with Crippen molar-refractivity contribution in [3.8, 4) is 0 Å². The maximum absolute atomic E-state index is 12.3. The molecule has 7 heteroatoms. The Morgan fingerprint density at radius 1 is 1.47 bits per heavy atom. The van der Waals surface area contributed by atoms with Crippen LogP contribution in [0.25, 0.3) is 0 Å². The molecular formula is C12H16ClN5O. The number of carbonyl (C=O) groups is 1. The van der Waals surface area contributed by atoms with Crippen LogP contribution in [0.2, 0.25) is 5.02 Å². The molecule has 6 nitrogen and oxygen atoms in total. The van der Waals surface area contributed by atoms with E-state index in [2.05, 4.69) is 10.2 Å². The Morgan fingerprint density at radius 3 is 2.79 bits per heavy atom. The van der Waals surface area contributed by atoms with Crippen molar-refractivity contribution in [3.63, 3.8) is 0 Å². The Labute approximate surface area is 116 Å². The molecule has 1 amide bonds. The van der Waals surface area contributed by atoms with Gasteiger partial charge in [0, 0.05) is 26.8 Å². The van der Waals surface area contributed by atoms with Crippen LogP contribution in [0.4, 0.5) is 0 Å². The van der Waals surface area contributed by atoms with Gasteiger partial charge >= 0.3 is 0 Å². The highest BCUT2D eigenvalue weighted by Gasteiger charge is 2.18. The number of aromatic nitrogens is 4. The van der Waals surface area contributed by atoms with Crippen molar-refractivity contribution in [2.24, 2.45) is 7.05 Å². The van der Waals surface area contributed by atoms with Crippen LogP contribution in [0, 0.1) is 0 Å². The van der Waals surface area contributed by atoms with Gasteiger partial charge in [-0.2, -0.15) is 10.2 Å². The average Bonchev–Trinajstić information content (AvgIpc) is 2.99. The van der Waals surface area contributed by atoms with Gasteiger partial charge in [0.05, 0.1) is 23.5 Å². The van der Waals surface area contributed by atoms with Gasteiger partial charge in [0.2, 0.25) is 0 Å². The number of carbonyl (C=O) groups excluding carboxylic acids is 1. The van der Waals surface area contributed by atoms with Crippen molar-refractivity contribution in [3.05, 3.63) is 34.9 Å². The lowest BCUT2D eigenvalue weighted by Gasteiger charge is -2.18. The predicted molar refractivity (Wildman–Crippen MR) is 71.9 cm³/mol. The van der Waals surface area contributed by atoms with E-state index in [1.54, 1.807) is 46.8 Å². The van der Waals surface area contributed by atoms with Crippen LogP contribution in [0.15, 0.2) is 18.5 Å². The topological polar surface area (TPSA) is 56.0 Å². The van der Waals surface area contributed by atoms with Crippen molar-refractivity contribution < 1.29 is 4.79 Å². The quantitative estimate of drug-likeness (QED) is 0.855. The summed E-state index contributed by atoms with van der Waals surface area (Å²) in [6.07, 6.45) is 3.20. The molecule has 2 aromatic heterocycles. The third-order valence-electron chi connectivity index (χ3n) is 2.98. The second-order valence-corrected chi connectivity index (χ2v) is 4.66. The Hall–Kier alpha value is -1.82. The molecule has 2 rings (SSSR count). The summed E-state index contributed by atoms with van der Waals surface area (Å²) < 4.78 is 3.34. The van der Waals surface area contributed by atoms with Crippen LogP contribution < -0.4 is 0 Å². The third-order valence-corrected chi connectivity index (χ3v) is 3.30. The largest absolute Gasteiger partial charge is 0.334 e. The van der Waals surface area contributed by atoms with E-state index >= 15 is 0 Å². The van der Waals surface area contributed by atoms with Gasteiger partial charge in [0.15, 0.2) is 0 Å². The fourth-order valence-electron chi connectivity index (χ4n) is 1.87. The summed E-state index contributed by atoms with van der Waals surface area (Å²) in [5.74, 6) is -0.0865. The van der Waals surface area contributed by atoms with Crippen molar-refractivity contribution in [2.45, 2.75) is 20.0 Å². The number of hydrogen-bond donors (Lipinski definition) is 0. The van der Waals surface area contributed by atoms with Crippen molar-refractivity contribution in [1.29, 1.82) is 0 Å². The number of rotatable bonds is 4. The number of halogens is 1. The molecule has 0 saturated carbocycles. The lowest BCUT2D eigenvalue weighted by molar-refractivity contribution is 0.0769. The van der Waals surface area contributed by atoms with Crippen LogP contribution in [-0.4, -0.2) is 37.4 Å². The zero-order chi connectivity index (χ0) is 14.0. The lowest BCUT2D eigenvalue weighted by atomic mass is 10.3. The molecule has 0 radical (unpaired) electrons. The first kappa shape index (κ1) is 13.6. The smallest absolute Gasteiger partial charge is 0.272 e. The van der Waals surface area contributed by atoms with Crippen molar-refractivity contribution in [2.75, 3.05) is 7.05 Å². The third kappa shape index (κ3) is 2.63. The summed E-state index contributed by atoms with van der Waals surface area (Å²) in [4.78, 5) is 13.9. The molecule has 0 saturated heterocycles. The molecule has 0 N–H and O–H groups in total. The molecule has 0 atom stereocenters. The molecule has 0 bridgehead atoms. The highest BCUT2D eigenvalue weighted by atomic mass is 35.5. The Balaban J connectivity index is 2.16. The average molecular weight is 282 g/mol. The fraction of sp³-hybridized carbons (Fsp3) is 0.417. The first-order valence-corrected chi connectivity index (χ1v) is 6.36. The maximum Gasteiger partial charge on any atom is 0.272 e. The van der Waals surface area contributed by atoms with Crippen LogP contribution >= 0.6 is 11.6 Å². The summed E-state index contributed by atoms with van der Waals surface area (Å²) in [5, 5.41) is 8.71. The minimum absolute atomic E-state index is 0.0865. The van der Waals surface area contributed by atoms with E-state index in [-0.39, 0.29) is 5.91 Å². The van der Waals surface area contributed by atoms with E-state index in [1.165, 1.54) is 0 Å². The highest BCUT2D eigenvalue weighted by molar-refractivity contribution is 6.31. The standard InChI is InChI=1S/C12H16ClN5O/c1-4-18-10(5-6-14-18)12(19)16(2)8-11-9(13)7-15-17(11)3/h5-7H,4,8H2,1-3H3. The molecule has 2 aromatic rings. The number of aryl methyl sites for hydroxylation is 2. The SMILES string of the molecule is CCn1nccc1C(=O)N(C)Cc1c(Cl)cnn1C. The van der Waals surface area contributed by atoms with Crippen LogP contribution in [0.5, 0.6) is 0 Å². The number of hydrogen-bond acceptors (Lipinski definition) is 3. The van der Waals surface area contributed by atoms with Crippen molar-refractivity contribution >= 4 is 17.5 Å². The second-order valence-electron chi connectivity index (χ2n) is 4.26. The predicted octanol–water partition coefficient (Wildman–Crippen LogP) is 1.56.